The average Bonchev–Trinajstić information content (AvgIpc) is 2.14. The molecule has 4 nitrogen and oxygen atoms in total. The summed E-state index contributed by atoms with van der Waals surface area (Å²) >= 11 is 0. The van der Waals surface area contributed by atoms with E-state index >= 15 is 0 Å². The molecule has 0 radical (unpaired) electrons. The lowest BCUT2D eigenvalue weighted by molar-refractivity contribution is 0.676. The lowest BCUT2D eigenvalue weighted by Gasteiger charge is -2.01. The van der Waals surface area contributed by atoms with Crippen molar-refractivity contribution in [3.05, 3.63) is 24.3 Å². The summed E-state index contributed by atoms with van der Waals surface area (Å²) in [6.07, 6.45) is 6.74. The second-order valence-electron chi connectivity index (χ2n) is 2.70. The summed E-state index contributed by atoms with van der Waals surface area (Å²) in [5, 5.41) is 3.16. The largest absolute Gasteiger partial charge is 0.312 e. The predicted octanol–water partition coefficient (Wildman–Crippen LogP) is -0.0553. The van der Waals surface area contributed by atoms with Crippen LogP contribution in [0.1, 0.15) is 5.56 Å². The van der Waals surface area contributed by atoms with Gasteiger partial charge in [-0.25, -0.2) is 9.97 Å². The molecule has 1 N–H and O–H groups in total. The quantitative estimate of drug-likeness (QED) is 0.675. The van der Waals surface area contributed by atoms with Crippen LogP contribution < -0.4 is 5.32 Å². The third-order valence-corrected chi connectivity index (χ3v) is 2.29. The summed E-state index contributed by atoms with van der Waals surface area (Å²) in [6.45, 7) is 1.50. The van der Waals surface area contributed by atoms with Crippen LogP contribution in [0, 0.1) is 0 Å². The van der Waals surface area contributed by atoms with Gasteiger partial charge in [-0.2, -0.15) is 0 Å². The highest BCUT2D eigenvalue weighted by molar-refractivity contribution is 7.84. The second kappa shape index (κ2) is 5.77. The van der Waals surface area contributed by atoms with Gasteiger partial charge >= 0.3 is 0 Å². The number of hydrogen-bond acceptors (Lipinski definition) is 4. The van der Waals surface area contributed by atoms with Crippen molar-refractivity contribution in [1.82, 2.24) is 15.3 Å². The third kappa shape index (κ3) is 4.69. The van der Waals surface area contributed by atoms with Crippen molar-refractivity contribution in [3.8, 4) is 0 Å². The van der Waals surface area contributed by atoms with Crippen molar-refractivity contribution >= 4 is 10.8 Å². The zero-order valence-corrected chi connectivity index (χ0v) is 8.38. The fourth-order valence-corrected chi connectivity index (χ4v) is 1.30. The summed E-state index contributed by atoms with van der Waals surface area (Å²) in [4.78, 5) is 7.77. The molecule has 0 amide bonds. The molecular weight excluding hydrogens is 186 g/mol. The van der Waals surface area contributed by atoms with Crippen molar-refractivity contribution in [2.24, 2.45) is 0 Å². The van der Waals surface area contributed by atoms with Crippen LogP contribution in [0.15, 0.2) is 18.7 Å². The first kappa shape index (κ1) is 10.3. The SMILES string of the molecule is CS(=O)CCNCc1cncnc1. The fraction of sp³-hybridized carbons (Fsp3) is 0.500. The lowest BCUT2D eigenvalue weighted by atomic mass is 10.3. The molecule has 5 heteroatoms. The minimum Gasteiger partial charge on any atom is -0.312 e. The van der Waals surface area contributed by atoms with Crippen LogP contribution in [0.4, 0.5) is 0 Å². The maximum atomic E-state index is 10.7. The van der Waals surface area contributed by atoms with Gasteiger partial charge in [0.15, 0.2) is 0 Å². The topological polar surface area (TPSA) is 54.9 Å². The third-order valence-electron chi connectivity index (χ3n) is 1.51. The summed E-state index contributed by atoms with van der Waals surface area (Å²) < 4.78 is 10.7. The molecule has 0 fully saturated rings. The van der Waals surface area contributed by atoms with Gasteiger partial charge in [-0.3, -0.25) is 4.21 Å². The Morgan fingerprint density at radius 3 is 2.77 bits per heavy atom. The fourth-order valence-electron chi connectivity index (χ4n) is 0.870. The van der Waals surface area contributed by atoms with Gasteiger partial charge in [-0.15, -0.1) is 0 Å². The van der Waals surface area contributed by atoms with Gasteiger partial charge in [0.2, 0.25) is 0 Å². The Kier molecular flexibility index (Phi) is 4.56. The Hall–Kier alpha value is -0.810. The highest BCUT2D eigenvalue weighted by Crippen LogP contribution is 1.90. The van der Waals surface area contributed by atoms with Gasteiger partial charge in [0.1, 0.15) is 6.33 Å². The average molecular weight is 199 g/mol. The van der Waals surface area contributed by atoms with E-state index in [1.807, 2.05) is 0 Å². The van der Waals surface area contributed by atoms with Gasteiger partial charge < -0.3 is 5.32 Å². The zero-order chi connectivity index (χ0) is 9.52. The van der Waals surface area contributed by atoms with Crippen LogP contribution in [-0.2, 0) is 17.3 Å². The van der Waals surface area contributed by atoms with Crippen molar-refractivity contribution < 1.29 is 4.21 Å². The summed E-state index contributed by atoms with van der Waals surface area (Å²) in [5.41, 5.74) is 1.05. The first-order valence-electron chi connectivity index (χ1n) is 4.03. The van der Waals surface area contributed by atoms with Gasteiger partial charge in [-0.1, -0.05) is 0 Å². The molecule has 1 aromatic rings. The Bertz CT molecular complexity index is 265. The molecule has 1 rings (SSSR count). The molecule has 0 aliphatic rings. The van der Waals surface area contributed by atoms with E-state index in [9.17, 15) is 4.21 Å². The maximum absolute atomic E-state index is 10.7. The number of nitrogens with zero attached hydrogens (tertiary/aromatic N) is 2. The standard InChI is InChI=1S/C8H13N3OS/c1-13(12)3-2-9-4-8-5-10-7-11-6-8/h5-7,9H,2-4H2,1H3. The number of rotatable bonds is 5. The van der Waals surface area contributed by atoms with Crippen LogP contribution in [0.2, 0.25) is 0 Å². The first-order valence-corrected chi connectivity index (χ1v) is 5.76. The van der Waals surface area contributed by atoms with E-state index in [1.54, 1.807) is 18.6 Å². The molecule has 0 bridgehead atoms. The summed E-state index contributed by atoms with van der Waals surface area (Å²) in [7, 11) is -0.717. The number of hydrogen-bond donors (Lipinski definition) is 1. The van der Waals surface area contributed by atoms with Crippen LogP contribution in [0.25, 0.3) is 0 Å². The zero-order valence-electron chi connectivity index (χ0n) is 7.56. The molecule has 0 aliphatic carbocycles. The van der Waals surface area contributed by atoms with Crippen molar-refractivity contribution in [3.63, 3.8) is 0 Å². The molecule has 1 heterocycles. The first-order chi connectivity index (χ1) is 6.29. The van der Waals surface area contributed by atoms with E-state index in [0.717, 1.165) is 18.7 Å². The minimum absolute atomic E-state index is 0.688. The number of nitrogens with one attached hydrogen (secondary N) is 1. The van der Waals surface area contributed by atoms with E-state index in [1.165, 1.54) is 6.33 Å². The van der Waals surface area contributed by atoms with E-state index in [0.29, 0.717) is 5.75 Å². The van der Waals surface area contributed by atoms with Crippen LogP contribution >= 0.6 is 0 Å². The molecule has 1 aromatic heterocycles. The van der Waals surface area contributed by atoms with Gasteiger partial charge in [0, 0.05) is 53.9 Å². The smallest absolute Gasteiger partial charge is 0.115 e. The Morgan fingerprint density at radius 2 is 2.15 bits per heavy atom. The van der Waals surface area contributed by atoms with Crippen LogP contribution in [-0.4, -0.2) is 32.7 Å². The molecule has 13 heavy (non-hydrogen) atoms. The molecule has 0 spiro atoms. The molecule has 0 saturated carbocycles. The Labute approximate surface area is 80.3 Å². The predicted molar refractivity (Wildman–Crippen MR) is 52.7 cm³/mol. The summed E-state index contributed by atoms with van der Waals surface area (Å²) in [6, 6.07) is 0. The van der Waals surface area contributed by atoms with Gasteiger partial charge in [0.25, 0.3) is 0 Å². The highest BCUT2D eigenvalue weighted by atomic mass is 32.2. The molecule has 0 aliphatic heterocycles. The molecule has 0 aromatic carbocycles. The van der Waals surface area contributed by atoms with Gasteiger partial charge in [0.05, 0.1) is 0 Å². The maximum Gasteiger partial charge on any atom is 0.115 e. The van der Waals surface area contributed by atoms with Gasteiger partial charge in [-0.05, 0) is 0 Å². The Balaban J connectivity index is 2.17. The molecule has 72 valence electrons. The van der Waals surface area contributed by atoms with Crippen molar-refractivity contribution in [2.45, 2.75) is 6.54 Å². The molecule has 1 atom stereocenters. The monoisotopic (exact) mass is 199 g/mol. The molecular formula is C8H13N3OS. The lowest BCUT2D eigenvalue weighted by Crippen LogP contribution is -2.19. The van der Waals surface area contributed by atoms with E-state index in [-0.39, 0.29) is 0 Å². The summed E-state index contributed by atoms with van der Waals surface area (Å²) in [5.74, 6) is 0.688. The molecule has 0 saturated heterocycles. The highest BCUT2D eigenvalue weighted by Gasteiger charge is 1.93. The van der Waals surface area contributed by atoms with E-state index in [2.05, 4.69) is 15.3 Å². The minimum atomic E-state index is -0.717. The van der Waals surface area contributed by atoms with Crippen molar-refractivity contribution in [2.75, 3.05) is 18.6 Å². The van der Waals surface area contributed by atoms with Crippen LogP contribution in [0.3, 0.4) is 0 Å². The normalized spacial score (nSPS) is 12.7. The molecule has 1 unspecified atom stereocenters. The van der Waals surface area contributed by atoms with E-state index in [4.69, 9.17) is 0 Å². The van der Waals surface area contributed by atoms with Crippen molar-refractivity contribution in [1.29, 1.82) is 0 Å². The van der Waals surface area contributed by atoms with E-state index < -0.39 is 10.8 Å². The second-order valence-corrected chi connectivity index (χ2v) is 4.26. The number of aromatic nitrogens is 2. The van der Waals surface area contributed by atoms with Crippen LogP contribution in [0.5, 0.6) is 0 Å². The Morgan fingerprint density at radius 1 is 1.46 bits per heavy atom.